The zero-order valence-electron chi connectivity index (χ0n) is 10.2. The van der Waals surface area contributed by atoms with E-state index in [0.717, 1.165) is 23.0 Å². The van der Waals surface area contributed by atoms with E-state index in [0.29, 0.717) is 0 Å². The zero-order chi connectivity index (χ0) is 12.4. The number of rotatable bonds is 4. The number of thiophene rings is 1. The molecule has 2 rings (SSSR count). The van der Waals surface area contributed by atoms with Crippen molar-refractivity contribution in [2.45, 2.75) is 26.3 Å². The van der Waals surface area contributed by atoms with Gasteiger partial charge >= 0.3 is 0 Å². The molecule has 0 aliphatic heterocycles. The van der Waals surface area contributed by atoms with Crippen LogP contribution in [0.5, 0.6) is 0 Å². The van der Waals surface area contributed by atoms with Crippen molar-refractivity contribution in [3.05, 3.63) is 44.5 Å². The van der Waals surface area contributed by atoms with Crippen LogP contribution in [0.1, 0.15) is 28.0 Å². The fraction of sp³-hybridized carbons (Fsp3) is 0.385. The number of aryl methyl sites for hydroxylation is 2. The van der Waals surface area contributed by atoms with Crippen LogP contribution in [0.3, 0.4) is 0 Å². The van der Waals surface area contributed by atoms with Crippen LogP contribution >= 0.6 is 22.9 Å². The predicted molar refractivity (Wildman–Crippen MR) is 73.0 cm³/mol. The van der Waals surface area contributed by atoms with Crippen molar-refractivity contribution in [2.75, 3.05) is 7.05 Å². The van der Waals surface area contributed by atoms with E-state index < -0.39 is 0 Å². The highest BCUT2D eigenvalue weighted by atomic mass is 35.5. The van der Waals surface area contributed by atoms with Crippen LogP contribution in [0, 0.1) is 13.8 Å². The summed E-state index contributed by atoms with van der Waals surface area (Å²) in [6.45, 7) is 3.98. The van der Waals surface area contributed by atoms with Crippen LogP contribution in [0.4, 0.5) is 0 Å². The molecule has 1 N–H and O–H groups in total. The van der Waals surface area contributed by atoms with Gasteiger partial charge in [-0.05, 0) is 38.4 Å². The lowest BCUT2D eigenvalue weighted by Crippen LogP contribution is -2.18. The molecule has 0 fully saturated rings. The average Bonchev–Trinajstić information content (AvgIpc) is 2.82. The van der Waals surface area contributed by atoms with Gasteiger partial charge < -0.3 is 9.73 Å². The Hall–Kier alpha value is -0.770. The molecule has 1 unspecified atom stereocenters. The first-order chi connectivity index (χ1) is 8.11. The van der Waals surface area contributed by atoms with E-state index in [1.807, 2.05) is 32.3 Å². The lowest BCUT2D eigenvalue weighted by atomic mass is 10.0. The summed E-state index contributed by atoms with van der Waals surface area (Å²) in [5.41, 5.74) is 1.22. The second-order valence-corrected chi connectivity index (χ2v) is 5.51. The van der Waals surface area contributed by atoms with E-state index in [1.54, 1.807) is 11.3 Å². The number of halogens is 1. The summed E-state index contributed by atoms with van der Waals surface area (Å²) in [7, 11) is 1.97. The second kappa shape index (κ2) is 5.25. The summed E-state index contributed by atoms with van der Waals surface area (Å²) in [6, 6.07) is 4.29. The smallest absolute Gasteiger partial charge is 0.105 e. The Morgan fingerprint density at radius 2 is 2.24 bits per heavy atom. The van der Waals surface area contributed by atoms with E-state index in [4.69, 9.17) is 16.0 Å². The van der Waals surface area contributed by atoms with Crippen molar-refractivity contribution in [1.29, 1.82) is 0 Å². The van der Waals surface area contributed by atoms with Gasteiger partial charge in [0, 0.05) is 22.9 Å². The normalized spacial score (nSPS) is 12.9. The zero-order valence-corrected chi connectivity index (χ0v) is 11.8. The monoisotopic (exact) mass is 269 g/mol. The molecule has 0 spiro atoms. The third-order valence-corrected chi connectivity index (χ3v) is 4.29. The van der Waals surface area contributed by atoms with Gasteiger partial charge in [0.1, 0.15) is 11.5 Å². The van der Waals surface area contributed by atoms with E-state index in [-0.39, 0.29) is 6.04 Å². The van der Waals surface area contributed by atoms with Gasteiger partial charge in [-0.25, -0.2) is 0 Å². The minimum absolute atomic E-state index is 0.253. The average molecular weight is 270 g/mol. The fourth-order valence-electron chi connectivity index (χ4n) is 2.02. The number of nitrogens with one attached hydrogen (secondary N) is 1. The molecule has 0 saturated heterocycles. The van der Waals surface area contributed by atoms with Gasteiger partial charge in [-0.15, -0.1) is 11.3 Å². The van der Waals surface area contributed by atoms with Gasteiger partial charge in [0.25, 0.3) is 0 Å². The van der Waals surface area contributed by atoms with Crippen molar-refractivity contribution in [1.82, 2.24) is 5.32 Å². The molecular formula is C13H16ClNOS. The highest BCUT2D eigenvalue weighted by Gasteiger charge is 2.17. The minimum Gasteiger partial charge on any atom is -0.466 e. The molecule has 0 aliphatic carbocycles. The van der Waals surface area contributed by atoms with Crippen LogP contribution in [-0.2, 0) is 6.42 Å². The predicted octanol–water partition coefficient (Wildman–Crippen LogP) is 4.11. The fourth-order valence-corrected chi connectivity index (χ4v) is 3.18. The maximum atomic E-state index is 6.13. The Bertz CT molecular complexity index is 503. The molecule has 2 nitrogen and oxygen atoms in total. The lowest BCUT2D eigenvalue weighted by molar-refractivity contribution is 0.490. The molecule has 17 heavy (non-hydrogen) atoms. The number of likely N-dealkylation sites (N-methyl/N-ethyl adjacent to an activating group) is 1. The molecule has 2 heterocycles. The van der Waals surface area contributed by atoms with Gasteiger partial charge in [0.05, 0.1) is 5.02 Å². The van der Waals surface area contributed by atoms with Gasteiger partial charge in [0.2, 0.25) is 0 Å². The molecule has 0 radical (unpaired) electrons. The molecular weight excluding hydrogens is 254 g/mol. The first-order valence-electron chi connectivity index (χ1n) is 5.58. The Morgan fingerprint density at radius 1 is 1.47 bits per heavy atom. The van der Waals surface area contributed by atoms with E-state index in [1.165, 1.54) is 10.4 Å². The Morgan fingerprint density at radius 3 is 2.71 bits per heavy atom. The molecule has 2 aromatic heterocycles. The molecule has 0 aromatic carbocycles. The first-order valence-corrected chi connectivity index (χ1v) is 6.83. The third kappa shape index (κ3) is 2.73. The van der Waals surface area contributed by atoms with Gasteiger partial charge in [-0.1, -0.05) is 11.6 Å². The van der Waals surface area contributed by atoms with E-state index >= 15 is 0 Å². The van der Waals surface area contributed by atoms with Gasteiger partial charge in [-0.3, -0.25) is 0 Å². The highest BCUT2D eigenvalue weighted by molar-refractivity contribution is 7.10. The Balaban J connectivity index is 2.23. The molecule has 92 valence electrons. The van der Waals surface area contributed by atoms with Crippen molar-refractivity contribution in [3.63, 3.8) is 0 Å². The van der Waals surface area contributed by atoms with Crippen molar-refractivity contribution in [2.24, 2.45) is 0 Å². The Kier molecular flexibility index (Phi) is 3.92. The second-order valence-electron chi connectivity index (χ2n) is 4.11. The van der Waals surface area contributed by atoms with Gasteiger partial charge in [0.15, 0.2) is 0 Å². The highest BCUT2D eigenvalue weighted by Crippen LogP contribution is 2.30. The molecule has 1 atom stereocenters. The summed E-state index contributed by atoms with van der Waals surface area (Å²) >= 11 is 7.83. The SMILES string of the molecule is CNC(Cc1sccc1Cl)c1cc(C)oc1C. The lowest BCUT2D eigenvalue weighted by Gasteiger charge is -2.14. The van der Waals surface area contributed by atoms with Crippen LogP contribution in [0.2, 0.25) is 5.02 Å². The molecule has 0 saturated carbocycles. The van der Waals surface area contributed by atoms with Crippen LogP contribution in [0.15, 0.2) is 21.9 Å². The maximum absolute atomic E-state index is 6.13. The van der Waals surface area contributed by atoms with Crippen LogP contribution < -0.4 is 5.32 Å². The summed E-state index contributed by atoms with van der Waals surface area (Å²) in [4.78, 5) is 1.21. The third-order valence-electron chi connectivity index (χ3n) is 2.88. The largest absolute Gasteiger partial charge is 0.466 e. The molecule has 0 aliphatic rings. The van der Waals surface area contributed by atoms with Gasteiger partial charge in [-0.2, -0.15) is 0 Å². The minimum atomic E-state index is 0.253. The number of hydrogen-bond donors (Lipinski definition) is 1. The summed E-state index contributed by atoms with van der Waals surface area (Å²) in [5, 5.41) is 6.21. The molecule has 4 heteroatoms. The van der Waals surface area contributed by atoms with E-state index in [9.17, 15) is 0 Å². The molecule has 0 amide bonds. The summed E-state index contributed by atoms with van der Waals surface area (Å²) < 4.78 is 5.58. The summed E-state index contributed by atoms with van der Waals surface area (Å²) in [5.74, 6) is 1.93. The van der Waals surface area contributed by atoms with Crippen LogP contribution in [0.25, 0.3) is 0 Å². The van der Waals surface area contributed by atoms with E-state index in [2.05, 4.69) is 11.4 Å². The van der Waals surface area contributed by atoms with Crippen LogP contribution in [-0.4, -0.2) is 7.05 Å². The van der Waals surface area contributed by atoms with Crippen molar-refractivity contribution < 1.29 is 4.42 Å². The quantitative estimate of drug-likeness (QED) is 0.903. The topological polar surface area (TPSA) is 25.2 Å². The Labute approximate surface area is 111 Å². The molecule has 0 bridgehead atoms. The standard InChI is InChI=1S/C13H16ClNOS/c1-8-6-10(9(2)16-8)12(15-3)7-13-11(14)4-5-17-13/h4-6,12,15H,7H2,1-3H3. The number of hydrogen-bond acceptors (Lipinski definition) is 3. The van der Waals surface area contributed by atoms with Crippen molar-refractivity contribution >= 4 is 22.9 Å². The number of furan rings is 1. The summed E-state index contributed by atoms with van der Waals surface area (Å²) in [6.07, 6.45) is 0.896. The molecule has 2 aromatic rings. The maximum Gasteiger partial charge on any atom is 0.105 e. The van der Waals surface area contributed by atoms with Crippen molar-refractivity contribution in [3.8, 4) is 0 Å². The first kappa shape index (κ1) is 12.7.